The Bertz CT molecular complexity index is 233. The summed E-state index contributed by atoms with van der Waals surface area (Å²) in [6.45, 7) is 13.9. The highest BCUT2D eigenvalue weighted by atomic mass is 16.5. The average Bonchev–Trinajstić information content (AvgIpc) is 2.16. The molecule has 0 radical (unpaired) electrons. The Morgan fingerprint density at radius 3 is 2.19 bits per heavy atom. The largest absolute Gasteiger partial charge is 0.459 e. The molecule has 0 aliphatic rings. The molecule has 16 heavy (non-hydrogen) atoms. The molecule has 0 N–H and O–H groups in total. The van der Waals surface area contributed by atoms with Crippen LogP contribution in [0.3, 0.4) is 0 Å². The van der Waals surface area contributed by atoms with Crippen molar-refractivity contribution in [3.8, 4) is 0 Å². The van der Waals surface area contributed by atoms with Gasteiger partial charge in [0.25, 0.3) is 0 Å². The lowest BCUT2D eigenvalue weighted by Gasteiger charge is -2.20. The smallest absolute Gasteiger partial charge is 0.333 e. The maximum absolute atomic E-state index is 11.3. The van der Waals surface area contributed by atoms with Gasteiger partial charge in [-0.3, -0.25) is 0 Å². The van der Waals surface area contributed by atoms with Crippen molar-refractivity contribution in [1.29, 1.82) is 0 Å². The van der Waals surface area contributed by atoms with Crippen molar-refractivity contribution >= 4 is 5.97 Å². The van der Waals surface area contributed by atoms with Gasteiger partial charge in [0, 0.05) is 5.57 Å². The summed E-state index contributed by atoms with van der Waals surface area (Å²) in [4.78, 5) is 11.3. The van der Waals surface area contributed by atoms with Crippen LogP contribution in [0.5, 0.6) is 0 Å². The minimum absolute atomic E-state index is 0.0109. The molecule has 0 aromatic carbocycles. The van der Waals surface area contributed by atoms with E-state index >= 15 is 0 Å². The minimum Gasteiger partial charge on any atom is -0.459 e. The first-order valence-electron chi connectivity index (χ1n) is 6.23. The molecule has 2 heteroatoms. The summed E-state index contributed by atoms with van der Waals surface area (Å²) in [5, 5.41) is 0. The zero-order chi connectivity index (χ0) is 12.7. The van der Waals surface area contributed by atoms with Crippen LogP contribution >= 0.6 is 0 Å². The van der Waals surface area contributed by atoms with E-state index < -0.39 is 0 Å². The molecule has 0 fully saturated rings. The summed E-state index contributed by atoms with van der Waals surface area (Å²) in [6.07, 6.45) is 3.34. The zero-order valence-electron chi connectivity index (χ0n) is 11.4. The third kappa shape index (κ3) is 6.65. The van der Waals surface area contributed by atoms with Gasteiger partial charge in [0.05, 0.1) is 6.10 Å². The van der Waals surface area contributed by atoms with Gasteiger partial charge in [0.2, 0.25) is 0 Å². The Morgan fingerprint density at radius 1 is 1.19 bits per heavy atom. The van der Waals surface area contributed by atoms with Gasteiger partial charge in [-0.25, -0.2) is 4.79 Å². The van der Waals surface area contributed by atoms with Crippen molar-refractivity contribution in [1.82, 2.24) is 0 Å². The fraction of sp³-hybridized carbons (Fsp3) is 0.786. The van der Waals surface area contributed by atoms with E-state index in [9.17, 15) is 4.79 Å². The number of carbonyl (C=O) groups excluding carboxylic acids is 1. The number of esters is 1. The molecule has 0 saturated heterocycles. The van der Waals surface area contributed by atoms with E-state index in [4.69, 9.17) is 4.74 Å². The van der Waals surface area contributed by atoms with Crippen molar-refractivity contribution in [2.75, 3.05) is 0 Å². The third-order valence-corrected chi connectivity index (χ3v) is 2.89. The van der Waals surface area contributed by atoms with E-state index in [1.807, 2.05) is 6.92 Å². The van der Waals surface area contributed by atoms with Crippen molar-refractivity contribution in [3.63, 3.8) is 0 Å². The van der Waals surface area contributed by atoms with Crippen LogP contribution in [0.15, 0.2) is 12.2 Å². The number of ether oxygens (including phenoxy) is 1. The van der Waals surface area contributed by atoms with Crippen LogP contribution in [0.1, 0.15) is 53.9 Å². The van der Waals surface area contributed by atoms with Gasteiger partial charge in [0.15, 0.2) is 0 Å². The lowest BCUT2D eigenvalue weighted by molar-refractivity contribution is -0.144. The Labute approximate surface area is 100 Å². The molecule has 0 heterocycles. The average molecular weight is 226 g/mol. The standard InChI is InChI=1S/C14H26O2/c1-7-11(4)8-12(5)9-13(6)16-14(15)10(2)3/h11-13H,2,7-9H2,1,3-6H3. The topological polar surface area (TPSA) is 26.3 Å². The van der Waals surface area contributed by atoms with Crippen LogP contribution in [0, 0.1) is 11.8 Å². The van der Waals surface area contributed by atoms with E-state index in [1.165, 1.54) is 12.8 Å². The van der Waals surface area contributed by atoms with E-state index in [0.29, 0.717) is 11.5 Å². The van der Waals surface area contributed by atoms with Gasteiger partial charge in [-0.2, -0.15) is 0 Å². The van der Waals surface area contributed by atoms with Crippen LogP contribution in [-0.4, -0.2) is 12.1 Å². The fourth-order valence-electron chi connectivity index (χ4n) is 1.85. The summed E-state index contributed by atoms with van der Waals surface area (Å²) in [7, 11) is 0. The summed E-state index contributed by atoms with van der Waals surface area (Å²) in [5.41, 5.74) is 0.474. The maximum Gasteiger partial charge on any atom is 0.333 e. The quantitative estimate of drug-likeness (QED) is 0.485. The first kappa shape index (κ1) is 15.2. The van der Waals surface area contributed by atoms with Crippen LogP contribution in [0.25, 0.3) is 0 Å². The second-order valence-corrected chi connectivity index (χ2v) is 5.09. The molecule has 0 bridgehead atoms. The highest BCUT2D eigenvalue weighted by Gasteiger charge is 2.15. The second kappa shape index (κ2) is 7.48. The summed E-state index contributed by atoms with van der Waals surface area (Å²) >= 11 is 0. The number of hydrogen-bond donors (Lipinski definition) is 0. The lowest BCUT2D eigenvalue weighted by atomic mass is 9.91. The Morgan fingerprint density at radius 2 is 1.75 bits per heavy atom. The molecule has 0 rings (SSSR count). The second-order valence-electron chi connectivity index (χ2n) is 5.09. The van der Waals surface area contributed by atoms with Crippen molar-refractivity contribution < 1.29 is 9.53 Å². The Hall–Kier alpha value is -0.790. The van der Waals surface area contributed by atoms with E-state index in [2.05, 4.69) is 27.4 Å². The summed E-state index contributed by atoms with van der Waals surface area (Å²) in [6, 6.07) is 0. The molecular weight excluding hydrogens is 200 g/mol. The van der Waals surface area contributed by atoms with E-state index in [1.54, 1.807) is 6.92 Å². The van der Waals surface area contributed by atoms with Gasteiger partial charge in [0.1, 0.15) is 0 Å². The first-order valence-corrected chi connectivity index (χ1v) is 6.23. The number of hydrogen-bond acceptors (Lipinski definition) is 2. The first-order chi connectivity index (χ1) is 7.36. The lowest BCUT2D eigenvalue weighted by Crippen LogP contribution is -2.18. The molecule has 94 valence electrons. The Balaban J connectivity index is 3.90. The van der Waals surface area contributed by atoms with Crippen LogP contribution in [0.4, 0.5) is 0 Å². The van der Waals surface area contributed by atoms with E-state index in [-0.39, 0.29) is 12.1 Å². The van der Waals surface area contributed by atoms with Crippen molar-refractivity contribution in [3.05, 3.63) is 12.2 Å². The summed E-state index contributed by atoms with van der Waals surface area (Å²) in [5.74, 6) is 1.07. The third-order valence-electron chi connectivity index (χ3n) is 2.89. The highest BCUT2D eigenvalue weighted by molar-refractivity contribution is 5.87. The number of carbonyl (C=O) groups is 1. The van der Waals surface area contributed by atoms with Gasteiger partial charge in [-0.05, 0) is 38.5 Å². The van der Waals surface area contributed by atoms with Crippen LogP contribution in [-0.2, 0) is 9.53 Å². The summed E-state index contributed by atoms with van der Waals surface area (Å²) < 4.78 is 5.26. The molecule has 0 aromatic heterocycles. The van der Waals surface area contributed by atoms with Gasteiger partial charge in [-0.1, -0.05) is 33.8 Å². The van der Waals surface area contributed by atoms with Gasteiger partial charge in [-0.15, -0.1) is 0 Å². The van der Waals surface area contributed by atoms with Crippen LogP contribution in [0.2, 0.25) is 0 Å². The van der Waals surface area contributed by atoms with Gasteiger partial charge >= 0.3 is 5.97 Å². The monoisotopic (exact) mass is 226 g/mol. The normalized spacial score (nSPS) is 16.3. The molecule has 0 aliphatic carbocycles. The fourth-order valence-corrected chi connectivity index (χ4v) is 1.85. The molecule has 3 atom stereocenters. The highest BCUT2D eigenvalue weighted by Crippen LogP contribution is 2.20. The van der Waals surface area contributed by atoms with Crippen molar-refractivity contribution in [2.45, 2.75) is 60.0 Å². The minimum atomic E-state index is -0.275. The molecule has 0 saturated carbocycles. The van der Waals surface area contributed by atoms with Crippen LogP contribution < -0.4 is 0 Å². The molecular formula is C14H26O2. The SMILES string of the molecule is C=C(C)C(=O)OC(C)CC(C)CC(C)CC. The molecule has 0 amide bonds. The molecule has 0 aliphatic heterocycles. The Kier molecular flexibility index (Phi) is 7.11. The molecule has 2 nitrogen and oxygen atoms in total. The molecule has 0 spiro atoms. The van der Waals surface area contributed by atoms with E-state index in [0.717, 1.165) is 12.3 Å². The maximum atomic E-state index is 11.3. The molecule has 3 unspecified atom stereocenters. The predicted octanol–water partition coefficient (Wildman–Crippen LogP) is 3.96. The van der Waals surface area contributed by atoms with Gasteiger partial charge < -0.3 is 4.74 Å². The van der Waals surface area contributed by atoms with Crippen molar-refractivity contribution in [2.24, 2.45) is 11.8 Å². The molecule has 0 aromatic rings. The zero-order valence-corrected chi connectivity index (χ0v) is 11.4. The predicted molar refractivity (Wildman–Crippen MR) is 68.2 cm³/mol. The number of rotatable bonds is 7.